The fraction of sp³-hybridized carbons (Fsp3) is 0.409. The highest BCUT2D eigenvalue weighted by molar-refractivity contribution is 5.93. The van der Waals surface area contributed by atoms with Crippen LogP contribution in [0.4, 0.5) is 4.79 Å². The third-order valence-electron chi connectivity index (χ3n) is 5.62. The van der Waals surface area contributed by atoms with E-state index >= 15 is 0 Å². The second-order valence-corrected chi connectivity index (χ2v) is 7.75. The van der Waals surface area contributed by atoms with Crippen molar-refractivity contribution in [3.05, 3.63) is 60.2 Å². The van der Waals surface area contributed by atoms with Gasteiger partial charge in [0.05, 0.1) is 12.8 Å². The molecular formula is C22H25N5O5. The van der Waals surface area contributed by atoms with Gasteiger partial charge in [0.25, 0.3) is 11.8 Å². The molecule has 1 atom stereocenters. The third kappa shape index (κ3) is 4.86. The van der Waals surface area contributed by atoms with Gasteiger partial charge in [-0.15, -0.1) is 0 Å². The number of hydrogen-bond donors (Lipinski definition) is 1. The zero-order valence-electron chi connectivity index (χ0n) is 17.6. The van der Waals surface area contributed by atoms with Gasteiger partial charge < -0.3 is 24.6 Å². The summed E-state index contributed by atoms with van der Waals surface area (Å²) < 4.78 is 10.8. The number of nitrogens with zero attached hydrogens (tertiary/aromatic N) is 4. The average Bonchev–Trinajstić information content (AvgIpc) is 3.32. The average molecular weight is 439 g/mol. The van der Waals surface area contributed by atoms with E-state index < -0.39 is 11.6 Å². The van der Waals surface area contributed by atoms with Crippen molar-refractivity contribution >= 4 is 17.9 Å². The van der Waals surface area contributed by atoms with Crippen LogP contribution < -0.4 is 5.32 Å². The second-order valence-electron chi connectivity index (χ2n) is 7.75. The first kappa shape index (κ1) is 21.7. The molecule has 3 heterocycles. The van der Waals surface area contributed by atoms with Crippen LogP contribution in [0.15, 0.2) is 48.9 Å². The molecule has 2 saturated heterocycles. The van der Waals surface area contributed by atoms with Crippen LogP contribution in [-0.2, 0) is 20.9 Å². The van der Waals surface area contributed by atoms with Crippen molar-refractivity contribution in [1.82, 2.24) is 25.1 Å². The van der Waals surface area contributed by atoms with E-state index in [1.54, 1.807) is 9.80 Å². The summed E-state index contributed by atoms with van der Waals surface area (Å²) in [6.07, 6.45) is 4.11. The summed E-state index contributed by atoms with van der Waals surface area (Å²) in [6, 6.07) is 9.32. The fourth-order valence-corrected chi connectivity index (χ4v) is 3.83. The highest BCUT2D eigenvalue weighted by Gasteiger charge is 2.47. The van der Waals surface area contributed by atoms with Crippen LogP contribution >= 0.6 is 0 Å². The molecule has 1 aromatic carbocycles. The number of amides is 3. The maximum absolute atomic E-state index is 13.3. The minimum Gasteiger partial charge on any atom is -0.445 e. The van der Waals surface area contributed by atoms with Crippen LogP contribution in [0.2, 0.25) is 0 Å². The fourth-order valence-electron chi connectivity index (χ4n) is 3.83. The van der Waals surface area contributed by atoms with Gasteiger partial charge in [0.2, 0.25) is 0 Å². The number of piperazine rings is 1. The first-order chi connectivity index (χ1) is 15.6. The summed E-state index contributed by atoms with van der Waals surface area (Å²) in [5.74, 6) is -0.440. The van der Waals surface area contributed by atoms with Crippen LogP contribution in [0.5, 0.6) is 0 Å². The van der Waals surface area contributed by atoms with E-state index in [0.29, 0.717) is 39.2 Å². The summed E-state index contributed by atoms with van der Waals surface area (Å²) in [7, 11) is 0. The predicted octanol–water partition coefficient (Wildman–Crippen LogP) is 0.847. The molecule has 0 unspecified atom stereocenters. The molecule has 168 valence electrons. The molecule has 1 N–H and O–H groups in total. The molecule has 10 nitrogen and oxygen atoms in total. The van der Waals surface area contributed by atoms with Crippen LogP contribution in [-0.4, -0.2) is 82.6 Å². The summed E-state index contributed by atoms with van der Waals surface area (Å²) in [4.78, 5) is 49.6. The van der Waals surface area contributed by atoms with E-state index in [4.69, 9.17) is 9.47 Å². The molecule has 0 spiro atoms. The van der Waals surface area contributed by atoms with E-state index in [0.717, 1.165) is 5.56 Å². The van der Waals surface area contributed by atoms with Crippen molar-refractivity contribution in [1.29, 1.82) is 0 Å². The number of carbonyl (C=O) groups is 3. The molecule has 2 fully saturated rings. The quantitative estimate of drug-likeness (QED) is 0.735. The van der Waals surface area contributed by atoms with Gasteiger partial charge in [-0.2, -0.15) is 0 Å². The first-order valence-electron chi connectivity index (χ1n) is 10.5. The Morgan fingerprint density at radius 2 is 1.81 bits per heavy atom. The Labute approximate surface area is 185 Å². The van der Waals surface area contributed by atoms with Crippen molar-refractivity contribution in [2.45, 2.75) is 18.6 Å². The maximum Gasteiger partial charge on any atom is 0.408 e. The van der Waals surface area contributed by atoms with Crippen LogP contribution in [0.3, 0.4) is 0 Å². The lowest BCUT2D eigenvalue weighted by atomic mass is 9.96. The molecule has 0 radical (unpaired) electrons. The van der Waals surface area contributed by atoms with Gasteiger partial charge in [-0.1, -0.05) is 30.3 Å². The lowest BCUT2D eigenvalue weighted by molar-refractivity contribution is -0.139. The normalized spacial score (nSPS) is 20.6. The van der Waals surface area contributed by atoms with E-state index in [2.05, 4.69) is 15.3 Å². The monoisotopic (exact) mass is 439 g/mol. The first-order valence-corrected chi connectivity index (χ1v) is 10.5. The van der Waals surface area contributed by atoms with Gasteiger partial charge in [0, 0.05) is 51.6 Å². The molecule has 32 heavy (non-hydrogen) atoms. The van der Waals surface area contributed by atoms with E-state index in [1.807, 2.05) is 30.3 Å². The standard InChI is InChI=1S/C22H25N5O5/c28-19(18-14-23-7-8-24-18)26-9-11-27(12-10-26)20(29)22(6-13-31-16-22)25-21(30)32-15-17-4-2-1-3-5-17/h1-5,7-8,14H,6,9-13,15-16H2,(H,25,30)/t22-/m0/s1. The molecule has 0 aliphatic carbocycles. The largest absolute Gasteiger partial charge is 0.445 e. The molecule has 2 aliphatic rings. The van der Waals surface area contributed by atoms with Gasteiger partial charge in [0.15, 0.2) is 0 Å². The highest BCUT2D eigenvalue weighted by Crippen LogP contribution is 2.23. The lowest BCUT2D eigenvalue weighted by Gasteiger charge is -2.39. The van der Waals surface area contributed by atoms with Crippen LogP contribution in [0, 0.1) is 0 Å². The van der Waals surface area contributed by atoms with Crippen molar-refractivity contribution in [2.24, 2.45) is 0 Å². The van der Waals surface area contributed by atoms with Crippen molar-refractivity contribution in [2.75, 3.05) is 39.4 Å². The van der Waals surface area contributed by atoms with E-state index in [1.165, 1.54) is 18.6 Å². The molecule has 0 bridgehead atoms. The summed E-state index contributed by atoms with van der Waals surface area (Å²) in [5.41, 5.74) is -0.0319. The molecule has 1 aromatic heterocycles. The zero-order chi connectivity index (χ0) is 22.4. The van der Waals surface area contributed by atoms with Gasteiger partial charge in [-0.3, -0.25) is 14.6 Å². The van der Waals surface area contributed by atoms with Crippen LogP contribution in [0.25, 0.3) is 0 Å². The van der Waals surface area contributed by atoms with E-state index in [-0.39, 0.29) is 30.7 Å². The zero-order valence-corrected chi connectivity index (χ0v) is 17.6. The molecule has 3 amide bonds. The maximum atomic E-state index is 13.3. The second kappa shape index (κ2) is 9.73. The smallest absolute Gasteiger partial charge is 0.408 e. The van der Waals surface area contributed by atoms with Gasteiger partial charge >= 0.3 is 6.09 Å². The minimum atomic E-state index is -1.16. The lowest BCUT2D eigenvalue weighted by Crippen LogP contribution is -2.63. The number of hydrogen-bond acceptors (Lipinski definition) is 7. The molecule has 10 heteroatoms. The van der Waals surface area contributed by atoms with Crippen molar-refractivity contribution in [3.63, 3.8) is 0 Å². The van der Waals surface area contributed by atoms with Gasteiger partial charge in [0.1, 0.15) is 17.8 Å². The topological polar surface area (TPSA) is 114 Å². The number of nitrogens with one attached hydrogen (secondary N) is 1. The van der Waals surface area contributed by atoms with Crippen molar-refractivity contribution in [3.8, 4) is 0 Å². The molecule has 2 aliphatic heterocycles. The summed E-state index contributed by atoms with van der Waals surface area (Å²) >= 11 is 0. The SMILES string of the molecule is O=C(N[C@@]1(C(=O)N2CCN(C(=O)c3cnccn3)CC2)CCOC1)OCc1ccccc1. The van der Waals surface area contributed by atoms with E-state index in [9.17, 15) is 14.4 Å². The summed E-state index contributed by atoms with van der Waals surface area (Å²) in [5, 5.41) is 2.74. The number of aromatic nitrogens is 2. The molecule has 4 rings (SSSR count). The third-order valence-corrected chi connectivity index (χ3v) is 5.62. The van der Waals surface area contributed by atoms with Crippen molar-refractivity contribution < 1.29 is 23.9 Å². The van der Waals surface area contributed by atoms with Gasteiger partial charge in [-0.25, -0.2) is 9.78 Å². The Morgan fingerprint density at radius 1 is 1.06 bits per heavy atom. The molecular weight excluding hydrogens is 414 g/mol. The number of alkyl carbamates (subject to hydrolysis) is 1. The van der Waals surface area contributed by atoms with Crippen LogP contribution in [0.1, 0.15) is 22.5 Å². The Bertz CT molecular complexity index is 942. The Balaban J connectivity index is 1.34. The predicted molar refractivity (Wildman–Crippen MR) is 112 cm³/mol. The highest BCUT2D eigenvalue weighted by atomic mass is 16.5. The number of rotatable bonds is 5. The molecule has 0 saturated carbocycles. The Kier molecular flexibility index (Phi) is 6.60. The Morgan fingerprint density at radius 3 is 2.47 bits per heavy atom. The summed E-state index contributed by atoms with van der Waals surface area (Å²) in [6.45, 7) is 2.02. The number of benzene rings is 1. The molecule has 2 aromatic rings. The minimum absolute atomic E-state index is 0.0883. The number of ether oxygens (including phenoxy) is 2. The number of carbonyl (C=O) groups excluding carboxylic acids is 3. The Hall–Kier alpha value is -3.53. The van der Waals surface area contributed by atoms with Gasteiger partial charge in [-0.05, 0) is 5.56 Å².